The van der Waals surface area contributed by atoms with Crippen LogP contribution >= 0.6 is 0 Å². The van der Waals surface area contributed by atoms with Crippen LogP contribution in [0.3, 0.4) is 0 Å². The number of likely N-dealkylation sites (tertiary alicyclic amines) is 1. The van der Waals surface area contributed by atoms with Gasteiger partial charge in [-0.2, -0.15) is 10.2 Å². The van der Waals surface area contributed by atoms with Crippen LogP contribution in [0.25, 0.3) is 22.5 Å². The largest absolute Gasteiger partial charge is 0.497 e. The molecule has 1 aromatic carbocycles. The number of aliphatic hydroxyl groups is 1. The van der Waals surface area contributed by atoms with Crippen molar-refractivity contribution >= 4 is 11.6 Å². The van der Waals surface area contributed by atoms with E-state index in [1.165, 1.54) is 0 Å². The Morgan fingerprint density at radius 2 is 2.00 bits per heavy atom. The summed E-state index contributed by atoms with van der Waals surface area (Å²) >= 11 is 0. The van der Waals surface area contributed by atoms with Gasteiger partial charge >= 0.3 is 0 Å². The fourth-order valence-corrected chi connectivity index (χ4v) is 5.48. The Kier molecular flexibility index (Phi) is 6.13. The lowest BCUT2D eigenvalue weighted by Crippen LogP contribution is -2.40. The van der Waals surface area contributed by atoms with Crippen molar-refractivity contribution in [1.82, 2.24) is 34.4 Å². The first-order chi connectivity index (χ1) is 18.0. The normalized spacial score (nSPS) is 16.8. The number of aliphatic hydroxyl groups excluding tert-OH is 1. The van der Waals surface area contributed by atoms with Crippen molar-refractivity contribution in [3.8, 4) is 28.3 Å². The molecule has 0 bridgehead atoms. The van der Waals surface area contributed by atoms with Crippen LogP contribution in [0.5, 0.6) is 5.75 Å². The van der Waals surface area contributed by atoms with Gasteiger partial charge in [-0.05, 0) is 50.3 Å². The SMILES string of the molecule is COc1cccc(-c2c3c(nn2C)CCc2cnc(Nc4cnn(C5CCN(C(C)O)CC5)c4)nc2-3)c1. The van der Waals surface area contributed by atoms with Gasteiger partial charge in [0.05, 0.1) is 42.1 Å². The molecule has 2 N–H and O–H groups in total. The zero-order chi connectivity index (χ0) is 25.5. The number of aryl methyl sites for hydroxylation is 3. The van der Waals surface area contributed by atoms with E-state index in [1.54, 1.807) is 7.11 Å². The van der Waals surface area contributed by atoms with Crippen LogP contribution in [0.2, 0.25) is 0 Å². The summed E-state index contributed by atoms with van der Waals surface area (Å²) in [6.07, 6.45) is 8.99. The third kappa shape index (κ3) is 4.47. The molecule has 1 aliphatic heterocycles. The molecule has 0 saturated carbocycles. The first-order valence-electron chi connectivity index (χ1n) is 12.8. The second-order valence-electron chi connectivity index (χ2n) is 9.83. The molecule has 192 valence electrons. The van der Waals surface area contributed by atoms with Crippen LogP contribution in [0.4, 0.5) is 11.6 Å². The third-order valence-electron chi connectivity index (χ3n) is 7.45. The highest BCUT2D eigenvalue weighted by Gasteiger charge is 2.28. The minimum Gasteiger partial charge on any atom is -0.497 e. The number of rotatable bonds is 6. The summed E-state index contributed by atoms with van der Waals surface area (Å²) in [6.45, 7) is 3.55. The van der Waals surface area contributed by atoms with Crippen molar-refractivity contribution < 1.29 is 9.84 Å². The summed E-state index contributed by atoms with van der Waals surface area (Å²) in [5.74, 6) is 1.35. The quantitative estimate of drug-likeness (QED) is 0.414. The average Bonchev–Trinajstić information content (AvgIpc) is 3.52. The lowest BCUT2D eigenvalue weighted by atomic mass is 9.91. The molecular formula is C27H32N8O2. The van der Waals surface area contributed by atoms with Crippen LogP contribution in [0.15, 0.2) is 42.9 Å². The lowest BCUT2D eigenvalue weighted by molar-refractivity contribution is -0.00286. The number of methoxy groups -OCH3 is 1. The molecule has 2 aliphatic rings. The van der Waals surface area contributed by atoms with Gasteiger partial charge in [-0.1, -0.05) is 12.1 Å². The van der Waals surface area contributed by atoms with Gasteiger partial charge in [-0.3, -0.25) is 14.3 Å². The second-order valence-corrected chi connectivity index (χ2v) is 9.83. The number of nitrogens with one attached hydrogen (secondary N) is 1. The molecule has 1 aliphatic carbocycles. The van der Waals surface area contributed by atoms with Crippen molar-refractivity contribution in [2.45, 2.75) is 44.9 Å². The minimum atomic E-state index is -0.401. The molecule has 0 amide bonds. The van der Waals surface area contributed by atoms with E-state index >= 15 is 0 Å². The van der Waals surface area contributed by atoms with Gasteiger partial charge in [0, 0.05) is 43.7 Å². The van der Waals surface area contributed by atoms with Gasteiger partial charge in [-0.25, -0.2) is 9.97 Å². The van der Waals surface area contributed by atoms with Crippen LogP contribution in [0, 0.1) is 0 Å². The Labute approximate surface area is 215 Å². The molecule has 10 heteroatoms. The van der Waals surface area contributed by atoms with Crippen molar-refractivity contribution in [2.75, 3.05) is 25.5 Å². The molecule has 1 fully saturated rings. The van der Waals surface area contributed by atoms with E-state index in [0.29, 0.717) is 12.0 Å². The standard InChI is InChI=1S/C27H32N8O2/c1-17(36)34-11-9-21(10-12-34)35-16-20(15-29-35)30-27-28-14-19-7-8-23-24(25(19)31-27)26(33(2)32-23)18-5-4-6-22(13-18)37-3/h4-6,13-17,21,36H,7-12H2,1-3H3,(H,28,30,31). The zero-order valence-electron chi connectivity index (χ0n) is 21.4. The molecule has 4 aromatic rings. The Morgan fingerprint density at radius 1 is 1.16 bits per heavy atom. The van der Waals surface area contributed by atoms with Gasteiger partial charge in [-0.15, -0.1) is 0 Å². The predicted octanol–water partition coefficient (Wildman–Crippen LogP) is 3.57. The number of hydrogen-bond acceptors (Lipinski definition) is 8. The van der Waals surface area contributed by atoms with E-state index in [4.69, 9.17) is 14.8 Å². The Bertz CT molecular complexity index is 1420. The minimum absolute atomic E-state index is 0.318. The summed E-state index contributed by atoms with van der Waals surface area (Å²) in [5.41, 5.74) is 7.07. The maximum atomic E-state index is 9.82. The van der Waals surface area contributed by atoms with Gasteiger partial charge < -0.3 is 15.2 Å². The molecule has 1 unspecified atom stereocenters. The van der Waals surface area contributed by atoms with Crippen LogP contribution in [-0.2, 0) is 19.9 Å². The topological polar surface area (TPSA) is 106 Å². The van der Waals surface area contributed by atoms with E-state index < -0.39 is 6.23 Å². The molecule has 3 aromatic heterocycles. The zero-order valence-corrected chi connectivity index (χ0v) is 21.4. The molecule has 1 saturated heterocycles. The van der Waals surface area contributed by atoms with Gasteiger partial charge in [0.2, 0.25) is 5.95 Å². The molecule has 6 rings (SSSR count). The summed E-state index contributed by atoms with van der Waals surface area (Å²) in [5, 5.41) is 22.6. The summed E-state index contributed by atoms with van der Waals surface area (Å²) in [7, 11) is 3.66. The van der Waals surface area contributed by atoms with Gasteiger partial charge in [0.25, 0.3) is 0 Å². The number of nitrogens with zero attached hydrogens (tertiary/aromatic N) is 7. The number of aromatic nitrogens is 6. The number of fused-ring (bicyclic) bond motifs is 3. The van der Waals surface area contributed by atoms with Crippen molar-refractivity contribution in [3.05, 3.63) is 54.1 Å². The first kappa shape index (κ1) is 23.6. The Morgan fingerprint density at radius 3 is 2.78 bits per heavy atom. The molecule has 1 atom stereocenters. The van der Waals surface area contributed by atoms with E-state index in [2.05, 4.69) is 26.4 Å². The predicted molar refractivity (Wildman–Crippen MR) is 141 cm³/mol. The monoisotopic (exact) mass is 500 g/mol. The highest BCUT2D eigenvalue weighted by Crippen LogP contribution is 2.40. The Hall–Kier alpha value is -3.76. The van der Waals surface area contributed by atoms with E-state index in [0.717, 1.165) is 84.0 Å². The lowest BCUT2D eigenvalue weighted by Gasteiger charge is -2.33. The van der Waals surface area contributed by atoms with Crippen LogP contribution in [-0.4, -0.2) is 66.0 Å². The van der Waals surface area contributed by atoms with Gasteiger partial charge in [0.15, 0.2) is 0 Å². The highest BCUT2D eigenvalue weighted by atomic mass is 16.5. The fourth-order valence-electron chi connectivity index (χ4n) is 5.48. The average molecular weight is 501 g/mol. The number of hydrogen-bond donors (Lipinski definition) is 2. The third-order valence-corrected chi connectivity index (χ3v) is 7.45. The summed E-state index contributed by atoms with van der Waals surface area (Å²) in [4.78, 5) is 11.7. The fraction of sp³-hybridized carbons (Fsp3) is 0.407. The van der Waals surface area contributed by atoms with Crippen molar-refractivity contribution in [2.24, 2.45) is 7.05 Å². The Balaban J connectivity index is 1.27. The summed E-state index contributed by atoms with van der Waals surface area (Å²) in [6, 6.07) is 8.37. The second kappa shape index (κ2) is 9.60. The molecule has 37 heavy (non-hydrogen) atoms. The van der Waals surface area contributed by atoms with Crippen LogP contribution < -0.4 is 10.1 Å². The van der Waals surface area contributed by atoms with Crippen LogP contribution in [0.1, 0.15) is 37.1 Å². The molecular weight excluding hydrogens is 468 g/mol. The van der Waals surface area contributed by atoms with E-state index in [9.17, 15) is 5.11 Å². The highest BCUT2D eigenvalue weighted by molar-refractivity contribution is 5.84. The van der Waals surface area contributed by atoms with Gasteiger partial charge in [0.1, 0.15) is 12.0 Å². The number of piperidine rings is 1. The van der Waals surface area contributed by atoms with Crippen molar-refractivity contribution in [3.63, 3.8) is 0 Å². The molecule has 10 nitrogen and oxygen atoms in total. The number of anilines is 2. The molecule has 0 spiro atoms. The van der Waals surface area contributed by atoms with E-state index in [-0.39, 0.29) is 0 Å². The first-order valence-corrected chi connectivity index (χ1v) is 12.8. The maximum Gasteiger partial charge on any atom is 0.227 e. The maximum absolute atomic E-state index is 9.82. The van der Waals surface area contributed by atoms with E-state index in [1.807, 2.05) is 60.1 Å². The molecule has 0 radical (unpaired) electrons. The van der Waals surface area contributed by atoms with Crippen molar-refractivity contribution in [1.29, 1.82) is 0 Å². The molecule has 4 heterocycles. The number of benzene rings is 1. The summed E-state index contributed by atoms with van der Waals surface area (Å²) < 4.78 is 9.42. The smallest absolute Gasteiger partial charge is 0.227 e. The number of ether oxygens (including phenoxy) is 1.